The van der Waals surface area contributed by atoms with Crippen LogP contribution in [0, 0.1) is 11.3 Å². The molecule has 27 heavy (non-hydrogen) atoms. The van der Waals surface area contributed by atoms with E-state index in [4.69, 9.17) is 19.7 Å². The summed E-state index contributed by atoms with van der Waals surface area (Å²) in [4.78, 5) is 8.07. The highest BCUT2D eigenvalue weighted by molar-refractivity contribution is 5.80. The number of benzene rings is 2. The van der Waals surface area contributed by atoms with Gasteiger partial charge >= 0.3 is 0 Å². The lowest BCUT2D eigenvalue weighted by Gasteiger charge is -2.06. The first kappa shape index (κ1) is 18.0. The zero-order valence-electron chi connectivity index (χ0n) is 15.1. The third-order valence-electron chi connectivity index (χ3n) is 4.00. The number of aromatic nitrogens is 2. The van der Waals surface area contributed by atoms with Crippen LogP contribution < -0.4 is 9.47 Å². The summed E-state index contributed by atoms with van der Waals surface area (Å²) >= 11 is 0. The van der Waals surface area contributed by atoms with Crippen molar-refractivity contribution >= 4 is 6.08 Å². The molecule has 5 nitrogen and oxygen atoms in total. The van der Waals surface area contributed by atoms with Gasteiger partial charge in [0.2, 0.25) is 0 Å². The summed E-state index contributed by atoms with van der Waals surface area (Å²) in [6.45, 7) is 0. The van der Waals surface area contributed by atoms with E-state index in [1.807, 2.05) is 60.7 Å². The molecular formula is C22H19N3O2. The summed E-state index contributed by atoms with van der Waals surface area (Å²) in [5.41, 5.74) is 3.73. The number of H-pyrrole nitrogens is 1. The van der Waals surface area contributed by atoms with E-state index in [1.54, 1.807) is 26.4 Å². The second-order valence-corrected chi connectivity index (χ2v) is 5.65. The minimum absolute atomic E-state index is 0.703. The van der Waals surface area contributed by atoms with E-state index in [-0.39, 0.29) is 0 Å². The lowest BCUT2D eigenvalue weighted by atomic mass is 10.0. The van der Waals surface area contributed by atoms with E-state index in [9.17, 15) is 0 Å². The van der Waals surface area contributed by atoms with Gasteiger partial charge in [-0.3, -0.25) is 0 Å². The molecule has 5 heteroatoms. The SMILES string of the molecule is COc1ccc(-c2nc(/C=C/C=C/C#N)[nH]c2-c2ccc(OC)cc2)cc1. The predicted molar refractivity (Wildman–Crippen MR) is 106 cm³/mol. The van der Waals surface area contributed by atoms with Gasteiger partial charge in [0.15, 0.2) is 0 Å². The Kier molecular flexibility index (Phi) is 5.70. The van der Waals surface area contributed by atoms with Crippen molar-refractivity contribution in [3.63, 3.8) is 0 Å². The zero-order valence-corrected chi connectivity index (χ0v) is 15.1. The Hall–Kier alpha value is -3.78. The molecule has 0 unspecified atom stereocenters. The van der Waals surface area contributed by atoms with Crippen molar-refractivity contribution in [1.82, 2.24) is 9.97 Å². The standard InChI is InChI=1S/C22H19N3O2/c1-26-18-11-7-16(8-12-18)21-22(17-9-13-19(27-2)14-10-17)25-20(24-21)6-4-3-5-15-23/h3-14H,1-2H3,(H,24,25)/b5-3+,6-4+. The number of hydrogen-bond donors (Lipinski definition) is 1. The Morgan fingerprint density at radius 3 is 2.04 bits per heavy atom. The highest BCUT2D eigenvalue weighted by Gasteiger charge is 2.13. The van der Waals surface area contributed by atoms with Crippen molar-refractivity contribution in [2.45, 2.75) is 0 Å². The maximum atomic E-state index is 8.58. The van der Waals surface area contributed by atoms with Crippen molar-refractivity contribution in [2.24, 2.45) is 0 Å². The van der Waals surface area contributed by atoms with Crippen molar-refractivity contribution in [1.29, 1.82) is 5.26 Å². The molecule has 3 rings (SSSR count). The minimum Gasteiger partial charge on any atom is -0.497 e. The summed E-state index contributed by atoms with van der Waals surface area (Å²) in [7, 11) is 3.29. The predicted octanol–water partition coefficient (Wildman–Crippen LogP) is 4.85. The summed E-state index contributed by atoms with van der Waals surface area (Å²) < 4.78 is 10.5. The molecule has 0 saturated heterocycles. The Labute approximate surface area is 158 Å². The van der Waals surface area contributed by atoms with Crippen LogP contribution in [0.25, 0.3) is 28.6 Å². The Balaban J connectivity index is 2.05. The highest BCUT2D eigenvalue weighted by Crippen LogP contribution is 2.32. The van der Waals surface area contributed by atoms with E-state index in [2.05, 4.69) is 4.98 Å². The van der Waals surface area contributed by atoms with Gasteiger partial charge in [0, 0.05) is 17.2 Å². The van der Waals surface area contributed by atoms with Crippen molar-refractivity contribution in [3.8, 4) is 40.1 Å². The van der Waals surface area contributed by atoms with E-state index < -0.39 is 0 Å². The fourth-order valence-corrected chi connectivity index (χ4v) is 2.64. The number of nitrogens with zero attached hydrogens (tertiary/aromatic N) is 2. The van der Waals surface area contributed by atoms with Crippen LogP contribution in [0.1, 0.15) is 5.82 Å². The Morgan fingerprint density at radius 2 is 1.48 bits per heavy atom. The fourth-order valence-electron chi connectivity index (χ4n) is 2.64. The molecule has 0 aliphatic rings. The Morgan fingerprint density at radius 1 is 0.889 bits per heavy atom. The molecule has 0 aliphatic heterocycles. The van der Waals surface area contributed by atoms with Crippen molar-refractivity contribution in [3.05, 3.63) is 72.6 Å². The van der Waals surface area contributed by atoms with Gasteiger partial charge in [0.1, 0.15) is 17.3 Å². The monoisotopic (exact) mass is 357 g/mol. The number of nitriles is 1. The molecule has 0 fully saturated rings. The van der Waals surface area contributed by atoms with Crippen LogP contribution in [0.15, 0.2) is 66.8 Å². The molecule has 0 atom stereocenters. The molecule has 134 valence electrons. The smallest absolute Gasteiger partial charge is 0.131 e. The molecule has 0 spiro atoms. The van der Waals surface area contributed by atoms with Gasteiger partial charge in [-0.25, -0.2) is 4.98 Å². The first-order chi connectivity index (χ1) is 13.2. The molecule has 2 aromatic carbocycles. The molecular weight excluding hydrogens is 338 g/mol. The fraction of sp³-hybridized carbons (Fsp3) is 0.0909. The average Bonchev–Trinajstić information content (AvgIpc) is 3.15. The first-order valence-corrected chi connectivity index (χ1v) is 8.37. The van der Waals surface area contributed by atoms with E-state index in [0.29, 0.717) is 5.82 Å². The van der Waals surface area contributed by atoms with Crippen LogP contribution in [0.2, 0.25) is 0 Å². The van der Waals surface area contributed by atoms with Crippen LogP contribution in [0.5, 0.6) is 11.5 Å². The number of aromatic amines is 1. The van der Waals surface area contributed by atoms with Crippen molar-refractivity contribution in [2.75, 3.05) is 14.2 Å². The summed E-state index contributed by atoms with van der Waals surface area (Å²) in [6, 6.07) is 17.5. The first-order valence-electron chi connectivity index (χ1n) is 8.37. The minimum atomic E-state index is 0.703. The maximum absolute atomic E-state index is 8.58. The molecule has 0 amide bonds. The number of allylic oxidation sites excluding steroid dienone is 3. The number of nitrogens with one attached hydrogen (secondary N) is 1. The largest absolute Gasteiger partial charge is 0.497 e. The molecule has 0 radical (unpaired) electrons. The third-order valence-corrected chi connectivity index (χ3v) is 4.00. The summed E-state index contributed by atoms with van der Waals surface area (Å²) in [5.74, 6) is 2.29. The second kappa shape index (κ2) is 8.54. The van der Waals surface area contributed by atoms with E-state index in [0.717, 1.165) is 34.0 Å². The van der Waals surface area contributed by atoms with E-state index >= 15 is 0 Å². The lowest BCUT2D eigenvalue weighted by Crippen LogP contribution is -1.87. The lowest BCUT2D eigenvalue weighted by molar-refractivity contribution is 0.414. The van der Waals surface area contributed by atoms with Crippen molar-refractivity contribution < 1.29 is 9.47 Å². The number of ether oxygens (including phenoxy) is 2. The number of rotatable bonds is 6. The van der Waals surface area contributed by atoms with Crippen LogP contribution in [0.4, 0.5) is 0 Å². The van der Waals surface area contributed by atoms with Gasteiger partial charge in [0.25, 0.3) is 0 Å². The molecule has 3 aromatic rings. The van der Waals surface area contributed by atoms with Crippen LogP contribution in [-0.4, -0.2) is 24.2 Å². The van der Waals surface area contributed by atoms with Gasteiger partial charge in [-0.15, -0.1) is 0 Å². The summed E-state index contributed by atoms with van der Waals surface area (Å²) in [5, 5.41) is 8.58. The van der Waals surface area contributed by atoms with Crippen LogP contribution in [0.3, 0.4) is 0 Å². The van der Waals surface area contributed by atoms with Crippen LogP contribution >= 0.6 is 0 Å². The summed E-state index contributed by atoms with van der Waals surface area (Å²) in [6.07, 6.45) is 6.68. The molecule has 0 saturated carbocycles. The maximum Gasteiger partial charge on any atom is 0.131 e. The number of methoxy groups -OCH3 is 2. The zero-order chi connectivity index (χ0) is 19.1. The Bertz CT molecular complexity index is 927. The number of imidazole rings is 1. The van der Waals surface area contributed by atoms with Crippen LogP contribution in [-0.2, 0) is 0 Å². The third kappa shape index (κ3) is 4.25. The second-order valence-electron chi connectivity index (χ2n) is 5.65. The molecule has 1 heterocycles. The number of hydrogen-bond acceptors (Lipinski definition) is 4. The van der Waals surface area contributed by atoms with Gasteiger partial charge in [0.05, 0.1) is 31.7 Å². The molecule has 0 aliphatic carbocycles. The van der Waals surface area contributed by atoms with Gasteiger partial charge in [-0.1, -0.05) is 12.2 Å². The highest BCUT2D eigenvalue weighted by atomic mass is 16.5. The van der Waals surface area contributed by atoms with Gasteiger partial charge < -0.3 is 14.5 Å². The molecule has 1 aromatic heterocycles. The van der Waals surface area contributed by atoms with Gasteiger partial charge in [-0.2, -0.15) is 5.26 Å². The molecule has 1 N–H and O–H groups in total. The van der Waals surface area contributed by atoms with Gasteiger partial charge in [-0.05, 0) is 54.6 Å². The molecule has 0 bridgehead atoms. The van der Waals surface area contributed by atoms with E-state index in [1.165, 1.54) is 6.08 Å². The quantitative estimate of drug-likeness (QED) is 0.505. The average molecular weight is 357 g/mol. The normalized spacial score (nSPS) is 11.0. The topological polar surface area (TPSA) is 70.9 Å².